The Morgan fingerprint density at radius 1 is 1.29 bits per heavy atom. The molecule has 0 saturated carbocycles. The number of nitrogens with zero attached hydrogens (tertiary/aromatic N) is 1. The largest absolute Gasteiger partial charge is 0.496 e. The molecule has 1 saturated heterocycles. The molecule has 0 unspecified atom stereocenters. The van der Waals surface area contributed by atoms with E-state index in [9.17, 15) is 0 Å². The summed E-state index contributed by atoms with van der Waals surface area (Å²) in [5.41, 5.74) is 2.70. The zero-order valence-corrected chi connectivity index (χ0v) is 10.8. The number of benzene rings is 1. The number of piperazine rings is 1. The lowest BCUT2D eigenvalue weighted by molar-refractivity contribution is 0.233. The summed E-state index contributed by atoms with van der Waals surface area (Å²) in [5.74, 6) is 1.01. The van der Waals surface area contributed by atoms with E-state index < -0.39 is 0 Å². The lowest BCUT2D eigenvalue weighted by Gasteiger charge is -2.27. The van der Waals surface area contributed by atoms with Crippen LogP contribution < -0.4 is 10.1 Å². The zero-order chi connectivity index (χ0) is 12.1. The third kappa shape index (κ3) is 3.20. The van der Waals surface area contributed by atoms with Gasteiger partial charge >= 0.3 is 0 Å². The second kappa shape index (κ2) is 6.03. The van der Waals surface area contributed by atoms with Crippen molar-refractivity contribution in [2.24, 2.45) is 0 Å². The molecule has 3 heteroatoms. The van der Waals surface area contributed by atoms with Crippen LogP contribution >= 0.6 is 0 Å². The van der Waals surface area contributed by atoms with Gasteiger partial charge in [-0.2, -0.15) is 0 Å². The Morgan fingerprint density at radius 2 is 2.06 bits per heavy atom. The smallest absolute Gasteiger partial charge is 0.122 e. The first-order chi connectivity index (χ1) is 8.33. The number of hydrogen-bond acceptors (Lipinski definition) is 3. The van der Waals surface area contributed by atoms with Gasteiger partial charge in [0.2, 0.25) is 0 Å². The third-order valence-corrected chi connectivity index (χ3v) is 3.34. The summed E-state index contributed by atoms with van der Waals surface area (Å²) >= 11 is 0. The van der Waals surface area contributed by atoms with Crippen molar-refractivity contribution in [3.8, 4) is 5.75 Å². The van der Waals surface area contributed by atoms with Crippen LogP contribution in [-0.2, 0) is 13.0 Å². The summed E-state index contributed by atoms with van der Waals surface area (Å²) < 4.78 is 5.36. The highest BCUT2D eigenvalue weighted by Gasteiger charge is 2.10. The van der Waals surface area contributed by atoms with Gasteiger partial charge in [0.1, 0.15) is 5.75 Å². The van der Waals surface area contributed by atoms with E-state index in [1.54, 1.807) is 7.11 Å². The lowest BCUT2D eigenvalue weighted by Crippen LogP contribution is -2.42. The molecule has 0 aromatic heterocycles. The maximum Gasteiger partial charge on any atom is 0.122 e. The minimum absolute atomic E-state index is 1.01. The van der Waals surface area contributed by atoms with Gasteiger partial charge in [-0.15, -0.1) is 0 Å². The van der Waals surface area contributed by atoms with Gasteiger partial charge in [0.05, 0.1) is 7.11 Å². The Morgan fingerprint density at radius 3 is 2.71 bits per heavy atom. The predicted octanol–water partition coefficient (Wildman–Crippen LogP) is 1.66. The van der Waals surface area contributed by atoms with Crippen molar-refractivity contribution in [1.82, 2.24) is 10.2 Å². The normalized spacial score (nSPS) is 17.1. The van der Waals surface area contributed by atoms with Crippen LogP contribution in [-0.4, -0.2) is 38.2 Å². The molecule has 0 aliphatic carbocycles. The number of methoxy groups -OCH3 is 1. The fourth-order valence-corrected chi connectivity index (χ4v) is 2.33. The van der Waals surface area contributed by atoms with Crippen LogP contribution in [0.5, 0.6) is 5.75 Å². The number of aryl methyl sites for hydroxylation is 1. The number of rotatable bonds is 4. The summed E-state index contributed by atoms with van der Waals surface area (Å²) in [6.07, 6.45) is 1.03. The maximum atomic E-state index is 5.36. The van der Waals surface area contributed by atoms with Crippen molar-refractivity contribution >= 4 is 0 Å². The molecule has 2 rings (SSSR count). The van der Waals surface area contributed by atoms with Gasteiger partial charge in [0, 0.05) is 32.7 Å². The summed E-state index contributed by atoms with van der Waals surface area (Å²) in [7, 11) is 1.74. The van der Waals surface area contributed by atoms with Crippen LogP contribution in [0.15, 0.2) is 18.2 Å². The van der Waals surface area contributed by atoms with Gasteiger partial charge in [-0.1, -0.05) is 19.1 Å². The van der Waals surface area contributed by atoms with Crippen LogP contribution in [0, 0.1) is 0 Å². The topological polar surface area (TPSA) is 24.5 Å². The molecule has 1 aromatic carbocycles. The van der Waals surface area contributed by atoms with Gasteiger partial charge in [0.15, 0.2) is 0 Å². The highest BCUT2D eigenvalue weighted by Crippen LogP contribution is 2.21. The average molecular weight is 234 g/mol. The van der Waals surface area contributed by atoms with E-state index >= 15 is 0 Å². The van der Waals surface area contributed by atoms with Crippen LogP contribution in [0.1, 0.15) is 18.1 Å². The first-order valence-electron chi connectivity index (χ1n) is 6.42. The maximum absolute atomic E-state index is 5.36. The van der Waals surface area contributed by atoms with Crippen LogP contribution in [0.2, 0.25) is 0 Å². The van der Waals surface area contributed by atoms with Crippen molar-refractivity contribution in [3.05, 3.63) is 29.3 Å². The summed E-state index contributed by atoms with van der Waals surface area (Å²) in [5, 5.41) is 3.38. The Hall–Kier alpha value is -1.06. The molecule has 0 amide bonds. The van der Waals surface area contributed by atoms with Crippen LogP contribution in [0.25, 0.3) is 0 Å². The number of ether oxygens (including phenoxy) is 1. The Kier molecular flexibility index (Phi) is 4.40. The van der Waals surface area contributed by atoms with Crippen molar-refractivity contribution in [3.63, 3.8) is 0 Å². The summed E-state index contributed by atoms with van der Waals surface area (Å²) in [6.45, 7) is 7.74. The van der Waals surface area contributed by atoms with Crippen molar-refractivity contribution in [2.75, 3.05) is 33.3 Å². The molecule has 1 N–H and O–H groups in total. The monoisotopic (exact) mass is 234 g/mol. The average Bonchev–Trinajstić information content (AvgIpc) is 2.40. The molecule has 1 fully saturated rings. The quantitative estimate of drug-likeness (QED) is 0.857. The number of hydrogen-bond donors (Lipinski definition) is 1. The lowest BCUT2D eigenvalue weighted by atomic mass is 10.1. The molecule has 1 aliphatic rings. The SMILES string of the molecule is CCc1cc(CN2CCNCC2)ccc1OC. The van der Waals surface area contributed by atoms with Crippen molar-refractivity contribution in [2.45, 2.75) is 19.9 Å². The van der Waals surface area contributed by atoms with Crippen LogP contribution in [0.4, 0.5) is 0 Å². The van der Waals surface area contributed by atoms with E-state index in [0.29, 0.717) is 0 Å². The van der Waals surface area contributed by atoms with E-state index in [1.807, 2.05) is 0 Å². The minimum Gasteiger partial charge on any atom is -0.496 e. The molecule has 0 atom stereocenters. The molecule has 3 nitrogen and oxygen atoms in total. The molecular weight excluding hydrogens is 212 g/mol. The molecule has 1 heterocycles. The first-order valence-corrected chi connectivity index (χ1v) is 6.42. The second-order valence-electron chi connectivity index (χ2n) is 4.53. The van der Waals surface area contributed by atoms with E-state index in [0.717, 1.165) is 44.9 Å². The fourth-order valence-electron chi connectivity index (χ4n) is 2.33. The molecule has 0 spiro atoms. The van der Waals surface area contributed by atoms with Gasteiger partial charge in [-0.25, -0.2) is 0 Å². The summed E-state index contributed by atoms with van der Waals surface area (Å²) in [4.78, 5) is 2.50. The minimum atomic E-state index is 1.01. The Balaban J connectivity index is 2.05. The molecule has 1 aromatic rings. The Labute approximate surface area is 104 Å². The molecule has 0 bridgehead atoms. The van der Waals surface area contributed by atoms with Gasteiger partial charge in [0.25, 0.3) is 0 Å². The predicted molar refractivity (Wildman–Crippen MR) is 70.5 cm³/mol. The van der Waals surface area contributed by atoms with Crippen LogP contribution in [0.3, 0.4) is 0 Å². The van der Waals surface area contributed by atoms with E-state index in [1.165, 1.54) is 11.1 Å². The highest BCUT2D eigenvalue weighted by molar-refractivity contribution is 5.37. The second-order valence-corrected chi connectivity index (χ2v) is 4.53. The standard InChI is InChI=1S/C14H22N2O/c1-3-13-10-12(4-5-14(13)17-2)11-16-8-6-15-7-9-16/h4-5,10,15H,3,6-9,11H2,1-2H3. The number of nitrogens with one attached hydrogen (secondary N) is 1. The third-order valence-electron chi connectivity index (χ3n) is 3.34. The van der Waals surface area contributed by atoms with E-state index in [2.05, 4.69) is 35.3 Å². The van der Waals surface area contributed by atoms with Crippen molar-refractivity contribution in [1.29, 1.82) is 0 Å². The summed E-state index contributed by atoms with van der Waals surface area (Å²) in [6, 6.07) is 6.55. The van der Waals surface area contributed by atoms with Gasteiger partial charge < -0.3 is 10.1 Å². The molecular formula is C14H22N2O. The van der Waals surface area contributed by atoms with E-state index in [-0.39, 0.29) is 0 Å². The zero-order valence-electron chi connectivity index (χ0n) is 10.8. The first kappa shape index (κ1) is 12.4. The molecule has 0 radical (unpaired) electrons. The molecule has 17 heavy (non-hydrogen) atoms. The van der Waals surface area contributed by atoms with Gasteiger partial charge in [-0.3, -0.25) is 4.90 Å². The van der Waals surface area contributed by atoms with E-state index in [4.69, 9.17) is 4.74 Å². The van der Waals surface area contributed by atoms with Crippen molar-refractivity contribution < 1.29 is 4.74 Å². The van der Waals surface area contributed by atoms with Gasteiger partial charge in [-0.05, 0) is 23.6 Å². The highest BCUT2D eigenvalue weighted by atomic mass is 16.5. The molecule has 1 aliphatic heterocycles. The molecule has 94 valence electrons. The Bertz CT molecular complexity index is 359. The fraction of sp³-hybridized carbons (Fsp3) is 0.571.